The molecule has 0 radical (unpaired) electrons. The Hall–Kier alpha value is -0.840. The number of thiophene rings is 1. The van der Waals surface area contributed by atoms with E-state index in [0.717, 1.165) is 29.6 Å². The van der Waals surface area contributed by atoms with E-state index in [-0.39, 0.29) is 0 Å². The van der Waals surface area contributed by atoms with E-state index in [2.05, 4.69) is 70.8 Å². The lowest BCUT2D eigenvalue weighted by molar-refractivity contribution is 0.309. The minimum Gasteiger partial charge on any atom is -0.488 e. The molecule has 1 aromatic heterocycles. The number of hydrogen-bond acceptors (Lipinski definition) is 3. The Morgan fingerprint density at radius 2 is 2.05 bits per heavy atom. The predicted octanol–water partition coefficient (Wildman–Crippen LogP) is 5.02. The highest BCUT2D eigenvalue weighted by molar-refractivity contribution is 9.10. The van der Waals surface area contributed by atoms with Gasteiger partial charge in [-0.1, -0.05) is 19.1 Å². The summed E-state index contributed by atoms with van der Waals surface area (Å²) >= 11 is 5.17. The minimum absolute atomic E-state index is 0.572. The molecule has 1 heterocycles. The van der Waals surface area contributed by atoms with Gasteiger partial charge in [0.25, 0.3) is 0 Å². The van der Waals surface area contributed by atoms with Gasteiger partial charge in [-0.25, -0.2) is 0 Å². The van der Waals surface area contributed by atoms with Crippen LogP contribution >= 0.6 is 27.3 Å². The number of halogens is 1. The molecule has 1 unspecified atom stereocenters. The second-order valence-corrected chi connectivity index (χ2v) is 7.07. The van der Waals surface area contributed by atoms with Gasteiger partial charge in [0.05, 0.1) is 0 Å². The molecule has 1 N–H and O–H groups in total. The quantitative estimate of drug-likeness (QED) is 0.706. The van der Waals surface area contributed by atoms with Crippen LogP contribution in [0.1, 0.15) is 30.7 Å². The first-order chi connectivity index (χ1) is 10.2. The van der Waals surface area contributed by atoms with Crippen LogP contribution in [-0.2, 0) is 13.0 Å². The maximum Gasteiger partial charge on any atom is 0.122 e. The SMILES string of the molecule is CCNC(C)CCc1ccc(OCc2cc(Br)cs2)cc1. The van der Waals surface area contributed by atoms with Crippen LogP contribution in [0.4, 0.5) is 0 Å². The monoisotopic (exact) mass is 367 g/mol. The van der Waals surface area contributed by atoms with Gasteiger partial charge in [-0.3, -0.25) is 0 Å². The van der Waals surface area contributed by atoms with Crippen LogP contribution in [0.25, 0.3) is 0 Å². The van der Waals surface area contributed by atoms with Crippen LogP contribution in [-0.4, -0.2) is 12.6 Å². The normalized spacial score (nSPS) is 12.3. The summed E-state index contributed by atoms with van der Waals surface area (Å²) in [5, 5.41) is 5.52. The van der Waals surface area contributed by atoms with Crippen molar-refractivity contribution < 1.29 is 4.74 Å². The van der Waals surface area contributed by atoms with E-state index in [1.807, 2.05) is 0 Å². The van der Waals surface area contributed by atoms with Crippen molar-refractivity contribution in [2.75, 3.05) is 6.54 Å². The van der Waals surface area contributed by atoms with Gasteiger partial charge in [-0.05, 0) is 66.0 Å². The van der Waals surface area contributed by atoms with E-state index in [9.17, 15) is 0 Å². The summed E-state index contributed by atoms with van der Waals surface area (Å²) in [6, 6.07) is 11.1. The molecule has 2 nitrogen and oxygen atoms in total. The van der Waals surface area contributed by atoms with Crippen molar-refractivity contribution in [3.05, 3.63) is 50.6 Å². The van der Waals surface area contributed by atoms with Gasteiger partial charge in [-0.15, -0.1) is 11.3 Å². The van der Waals surface area contributed by atoms with Crippen LogP contribution in [0, 0.1) is 0 Å². The predicted molar refractivity (Wildman–Crippen MR) is 94.3 cm³/mol. The summed E-state index contributed by atoms with van der Waals surface area (Å²) in [6.07, 6.45) is 2.27. The molecule has 1 atom stereocenters. The molecule has 0 bridgehead atoms. The van der Waals surface area contributed by atoms with Crippen LogP contribution in [0.2, 0.25) is 0 Å². The number of hydrogen-bond donors (Lipinski definition) is 1. The number of rotatable bonds is 8. The summed E-state index contributed by atoms with van der Waals surface area (Å²) < 4.78 is 6.92. The zero-order chi connectivity index (χ0) is 15.1. The maximum absolute atomic E-state index is 5.80. The lowest BCUT2D eigenvalue weighted by atomic mass is 10.1. The van der Waals surface area contributed by atoms with Crippen LogP contribution in [0.5, 0.6) is 5.75 Å². The first-order valence-electron chi connectivity index (χ1n) is 7.35. The summed E-state index contributed by atoms with van der Waals surface area (Å²) in [6.45, 7) is 6.05. The Morgan fingerprint density at radius 3 is 2.67 bits per heavy atom. The van der Waals surface area contributed by atoms with Crippen molar-refractivity contribution in [3.8, 4) is 5.75 Å². The fraction of sp³-hybridized carbons (Fsp3) is 0.412. The molecule has 0 aliphatic carbocycles. The zero-order valence-corrected chi connectivity index (χ0v) is 15.0. The molecular weight excluding hydrogens is 346 g/mol. The van der Waals surface area contributed by atoms with Gasteiger partial charge in [0.1, 0.15) is 12.4 Å². The summed E-state index contributed by atoms with van der Waals surface area (Å²) in [7, 11) is 0. The van der Waals surface area contributed by atoms with Crippen molar-refractivity contribution in [1.82, 2.24) is 5.32 Å². The van der Waals surface area contributed by atoms with Gasteiger partial charge >= 0.3 is 0 Å². The van der Waals surface area contributed by atoms with E-state index in [1.54, 1.807) is 11.3 Å². The fourth-order valence-corrected chi connectivity index (χ4v) is 3.53. The van der Waals surface area contributed by atoms with Crippen molar-refractivity contribution in [2.24, 2.45) is 0 Å². The summed E-state index contributed by atoms with van der Waals surface area (Å²) in [4.78, 5) is 1.23. The van der Waals surface area contributed by atoms with Crippen molar-refractivity contribution in [1.29, 1.82) is 0 Å². The van der Waals surface area contributed by atoms with Gasteiger partial charge in [0.2, 0.25) is 0 Å². The average molecular weight is 368 g/mol. The lowest BCUT2D eigenvalue weighted by Gasteiger charge is -2.12. The number of ether oxygens (including phenoxy) is 1. The van der Waals surface area contributed by atoms with E-state index < -0.39 is 0 Å². The summed E-state index contributed by atoms with van der Waals surface area (Å²) in [5.41, 5.74) is 1.37. The Kier molecular flexibility index (Phi) is 6.74. The molecular formula is C17H22BrNOS. The molecule has 0 saturated carbocycles. The first-order valence-corrected chi connectivity index (χ1v) is 9.02. The van der Waals surface area contributed by atoms with E-state index in [4.69, 9.17) is 4.74 Å². The molecule has 0 aliphatic rings. The van der Waals surface area contributed by atoms with Gasteiger partial charge in [0.15, 0.2) is 0 Å². The fourth-order valence-electron chi connectivity index (χ4n) is 2.17. The van der Waals surface area contributed by atoms with Gasteiger partial charge in [0, 0.05) is 20.8 Å². The molecule has 0 aliphatic heterocycles. The standard InChI is InChI=1S/C17H22BrNOS/c1-3-19-13(2)4-5-14-6-8-16(9-7-14)20-11-17-10-15(18)12-21-17/h6-10,12-13,19H,3-5,11H2,1-2H3. The van der Waals surface area contributed by atoms with E-state index >= 15 is 0 Å². The second kappa shape index (κ2) is 8.57. The number of aryl methyl sites for hydroxylation is 1. The molecule has 1 aromatic carbocycles. The molecule has 4 heteroatoms. The smallest absolute Gasteiger partial charge is 0.122 e. The van der Waals surface area contributed by atoms with Gasteiger partial charge < -0.3 is 10.1 Å². The highest BCUT2D eigenvalue weighted by atomic mass is 79.9. The molecule has 114 valence electrons. The van der Waals surface area contributed by atoms with Crippen LogP contribution in [0.3, 0.4) is 0 Å². The largest absolute Gasteiger partial charge is 0.488 e. The number of benzene rings is 1. The Balaban J connectivity index is 1.78. The third-order valence-electron chi connectivity index (χ3n) is 3.34. The van der Waals surface area contributed by atoms with Crippen LogP contribution in [0.15, 0.2) is 40.2 Å². The van der Waals surface area contributed by atoms with Crippen molar-refractivity contribution in [2.45, 2.75) is 39.3 Å². The van der Waals surface area contributed by atoms with E-state index in [1.165, 1.54) is 10.4 Å². The molecule has 0 spiro atoms. The highest BCUT2D eigenvalue weighted by Gasteiger charge is 2.02. The van der Waals surface area contributed by atoms with Crippen molar-refractivity contribution >= 4 is 27.3 Å². The molecule has 0 fully saturated rings. The minimum atomic E-state index is 0.572. The van der Waals surface area contributed by atoms with E-state index in [0.29, 0.717) is 12.6 Å². The third kappa shape index (κ3) is 5.81. The third-order valence-corrected chi connectivity index (χ3v) is 5.02. The van der Waals surface area contributed by atoms with Gasteiger partial charge in [-0.2, -0.15) is 0 Å². The average Bonchev–Trinajstić information content (AvgIpc) is 2.90. The molecule has 2 aromatic rings. The highest BCUT2D eigenvalue weighted by Crippen LogP contribution is 2.22. The Labute approximate surface area is 139 Å². The molecule has 0 saturated heterocycles. The molecule has 21 heavy (non-hydrogen) atoms. The zero-order valence-electron chi connectivity index (χ0n) is 12.6. The Bertz CT molecular complexity index is 538. The topological polar surface area (TPSA) is 21.3 Å². The molecule has 0 amide bonds. The molecule has 2 rings (SSSR count). The Morgan fingerprint density at radius 1 is 1.29 bits per heavy atom. The van der Waals surface area contributed by atoms with Crippen molar-refractivity contribution in [3.63, 3.8) is 0 Å². The van der Waals surface area contributed by atoms with Crippen LogP contribution < -0.4 is 10.1 Å². The first kappa shape index (κ1) is 16.5. The summed E-state index contributed by atoms with van der Waals surface area (Å²) in [5.74, 6) is 0.933. The lowest BCUT2D eigenvalue weighted by Crippen LogP contribution is -2.25. The second-order valence-electron chi connectivity index (χ2n) is 5.16. The number of nitrogens with one attached hydrogen (secondary N) is 1. The maximum atomic E-state index is 5.80.